The Kier molecular flexibility index (Phi) is 5.87. The van der Waals surface area contributed by atoms with Gasteiger partial charge in [0.15, 0.2) is 18.2 Å². The quantitative estimate of drug-likeness (QED) is 0.567. The molecule has 0 unspecified atom stereocenters. The lowest BCUT2D eigenvalue weighted by atomic mass is 9.99. The fourth-order valence-electron chi connectivity index (χ4n) is 4.41. The highest BCUT2D eigenvalue weighted by molar-refractivity contribution is 6.31. The third-order valence-corrected chi connectivity index (χ3v) is 6.41. The second-order valence-electron chi connectivity index (χ2n) is 8.53. The van der Waals surface area contributed by atoms with E-state index in [4.69, 9.17) is 21.1 Å². The zero-order valence-electron chi connectivity index (χ0n) is 19.0. The maximum Gasteiger partial charge on any atom is 0.266 e. The Morgan fingerprint density at radius 3 is 2.79 bits per heavy atom. The zero-order valence-corrected chi connectivity index (χ0v) is 19.8. The van der Waals surface area contributed by atoms with Gasteiger partial charge >= 0.3 is 0 Å². The van der Waals surface area contributed by atoms with Crippen LogP contribution >= 0.6 is 11.6 Å². The third-order valence-electron chi connectivity index (χ3n) is 6.19. The van der Waals surface area contributed by atoms with E-state index in [1.807, 2.05) is 49.4 Å². The smallest absolute Gasteiger partial charge is 0.266 e. The molecule has 0 atom stereocenters. The summed E-state index contributed by atoms with van der Waals surface area (Å²) in [5.41, 5.74) is 5.04. The van der Waals surface area contributed by atoms with E-state index >= 15 is 0 Å². The van der Waals surface area contributed by atoms with Crippen LogP contribution in [0.5, 0.6) is 11.5 Å². The molecular formula is C26H24ClN3O4. The first-order chi connectivity index (χ1) is 16.4. The number of methoxy groups -OCH3 is 1. The fourth-order valence-corrected chi connectivity index (χ4v) is 4.70. The molecule has 0 saturated heterocycles. The van der Waals surface area contributed by atoms with Gasteiger partial charge in [-0.1, -0.05) is 23.7 Å². The number of hydrogen-bond donors (Lipinski definition) is 0. The van der Waals surface area contributed by atoms with Gasteiger partial charge in [-0.25, -0.2) is 4.98 Å². The minimum Gasteiger partial charge on any atom is -0.497 e. The minimum atomic E-state index is -0.293. The predicted molar refractivity (Wildman–Crippen MR) is 129 cm³/mol. The monoisotopic (exact) mass is 477 g/mol. The number of benzene rings is 2. The van der Waals surface area contributed by atoms with E-state index in [0.717, 1.165) is 34.4 Å². The summed E-state index contributed by atoms with van der Waals surface area (Å²) in [6, 6.07) is 13.5. The van der Waals surface area contributed by atoms with Crippen molar-refractivity contribution in [2.45, 2.75) is 19.9 Å². The number of nitrogens with zero attached hydrogens (tertiary/aromatic N) is 3. The number of carbonyl (C=O) groups is 2. The summed E-state index contributed by atoms with van der Waals surface area (Å²) < 4.78 is 11.0. The molecule has 1 aromatic heterocycles. The Morgan fingerprint density at radius 1 is 1.15 bits per heavy atom. The molecular weight excluding hydrogens is 454 g/mol. The molecule has 8 heteroatoms. The van der Waals surface area contributed by atoms with Gasteiger partial charge in [0.05, 0.1) is 7.11 Å². The second kappa shape index (κ2) is 8.99. The highest BCUT2D eigenvalue weighted by Crippen LogP contribution is 2.35. The molecule has 174 valence electrons. The van der Waals surface area contributed by atoms with Crippen LogP contribution in [-0.4, -0.2) is 48.5 Å². The minimum absolute atomic E-state index is 0.0862. The molecule has 0 saturated carbocycles. The van der Waals surface area contributed by atoms with Crippen LogP contribution in [0.1, 0.15) is 16.7 Å². The van der Waals surface area contributed by atoms with Crippen molar-refractivity contribution >= 4 is 29.2 Å². The highest BCUT2D eigenvalue weighted by Gasteiger charge is 2.31. The number of ether oxygens (including phenoxy) is 2. The molecule has 0 aliphatic carbocycles. The molecule has 3 aromatic rings. The molecule has 2 aliphatic heterocycles. The van der Waals surface area contributed by atoms with Crippen molar-refractivity contribution in [3.05, 3.63) is 70.4 Å². The van der Waals surface area contributed by atoms with Crippen molar-refractivity contribution in [1.29, 1.82) is 0 Å². The number of rotatable bonds is 4. The van der Waals surface area contributed by atoms with Crippen molar-refractivity contribution in [2.75, 3.05) is 31.7 Å². The van der Waals surface area contributed by atoms with Crippen LogP contribution in [0.25, 0.3) is 11.1 Å². The molecule has 34 heavy (non-hydrogen) atoms. The van der Waals surface area contributed by atoms with Crippen molar-refractivity contribution in [3.8, 4) is 22.6 Å². The standard InChI is InChI=1S/C26H24ClN3O4/c1-16-7-18(9-21(27)8-16)19-11-23-26(28-12-19)30(25(32)15-34-23)14-24(31)29-6-5-17-3-4-22(33-2)10-20(17)13-29/h3-4,7-12H,5-6,13-15H2,1-2H3. The summed E-state index contributed by atoms with van der Waals surface area (Å²) in [6.45, 7) is 2.83. The van der Waals surface area contributed by atoms with E-state index in [1.165, 1.54) is 10.5 Å². The SMILES string of the molecule is COc1ccc2c(c1)CN(C(=O)CN1C(=O)COc3cc(-c4cc(C)cc(Cl)c4)cnc31)CC2. The van der Waals surface area contributed by atoms with E-state index in [1.54, 1.807) is 18.2 Å². The average molecular weight is 478 g/mol. The molecule has 0 bridgehead atoms. The van der Waals surface area contributed by atoms with Gasteiger partial charge in [0, 0.05) is 29.9 Å². The summed E-state index contributed by atoms with van der Waals surface area (Å²) in [7, 11) is 1.63. The van der Waals surface area contributed by atoms with E-state index in [2.05, 4.69) is 4.98 Å². The van der Waals surface area contributed by atoms with Gasteiger partial charge in [-0.05, 0) is 65.9 Å². The van der Waals surface area contributed by atoms with Crippen LogP contribution in [-0.2, 0) is 22.6 Å². The number of carbonyl (C=O) groups excluding carboxylic acids is 2. The number of amides is 2. The second-order valence-corrected chi connectivity index (χ2v) is 8.97. The Balaban J connectivity index is 1.36. The fraction of sp³-hybridized carbons (Fsp3) is 0.269. The van der Waals surface area contributed by atoms with Gasteiger partial charge < -0.3 is 14.4 Å². The topological polar surface area (TPSA) is 72.0 Å². The van der Waals surface area contributed by atoms with Gasteiger partial charge in [-0.2, -0.15) is 0 Å². The van der Waals surface area contributed by atoms with Crippen molar-refractivity contribution < 1.29 is 19.1 Å². The Hall–Kier alpha value is -3.58. The van der Waals surface area contributed by atoms with E-state index in [0.29, 0.717) is 29.7 Å². The maximum absolute atomic E-state index is 13.2. The lowest BCUT2D eigenvalue weighted by Crippen LogP contribution is -2.47. The summed E-state index contributed by atoms with van der Waals surface area (Å²) in [6.07, 6.45) is 2.44. The number of fused-ring (bicyclic) bond motifs is 2. The average Bonchev–Trinajstić information content (AvgIpc) is 2.84. The molecule has 3 heterocycles. The molecule has 0 radical (unpaired) electrons. The van der Waals surface area contributed by atoms with E-state index in [-0.39, 0.29) is 25.0 Å². The largest absolute Gasteiger partial charge is 0.497 e. The number of aromatic nitrogens is 1. The zero-order chi connectivity index (χ0) is 23.8. The van der Waals surface area contributed by atoms with Gasteiger partial charge in [0.1, 0.15) is 12.3 Å². The number of anilines is 1. The predicted octanol–water partition coefficient (Wildman–Crippen LogP) is 4.03. The van der Waals surface area contributed by atoms with Crippen molar-refractivity contribution in [2.24, 2.45) is 0 Å². The normalized spacial score (nSPS) is 14.9. The van der Waals surface area contributed by atoms with E-state index in [9.17, 15) is 9.59 Å². The van der Waals surface area contributed by atoms with Crippen molar-refractivity contribution in [1.82, 2.24) is 9.88 Å². The first-order valence-corrected chi connectivity index (χ1v) is 11.4. The summed E-state index contributed by atoms with van der Waals surface area (Å²) in [5.74, 6) is 1.16. The molecule has 0 N–H and O–H groups in total. The van der Waals surface area contributed by atoms with Crippen LogP contribution in [0, 0.1) is 6.92 Å². The Morgan fingerprint density at radius 2 is 2.00 bits per heavy atom. The number of aryl methyl sites for hydroxylation is 1. The Labute approximate surface area is 202 Å². The van der Waals surface area contributed by atoms with Crippen LogP contribution in [0.3, 0.4) is 0 Å². The van der Waals surface area contributed by atoms with Gasteiger partial charge in [0.25, 0.3) is 5.91 Å². The molecule has 7 nitrogen and oxygen atoms in total. The molecule has 0 spiro atoms. The molecule has 2 aliphatic rings. The third kappa shape index (κ3) is 4.31. The summed E-state index contributed by atoms with van der Waals surface area (Å²) in [4.78, 5) is 33.5. The first kappa shape index (κ1) is 22.2. The number of pyridine rings is 1. The van der Waals surface area contributed by atoms with Crippen LogP contribution in [0.2, 0.25) is 5.02 Å². The molecule has 2 amide bonds. The van der Waals surface area contributed by atoms with Crippen molar-refractivity contribution in [3.63, 3.8) is 0 Å². The van der Waals surface area contributed by atoms with Gasteiger partial charge in [0.2, 0.25) is 5.91 Å². The van der Waals surface area contributed by atoms with Gasteiger partial charge in [-0.15, -0.1) is 0 Å². The molecule has 2 aromatic carbocycles. The number of hydrogen-bond acceptors (Lipinski definition) is 5. The summed E-state index contributed by atoms with van der Waals surface area (Å²) >= 11 is 6.21. The Bertz CT molecular complexity index is 1270. The lowest BCUT2D eigenvalue weighted by molar-refractivity contribution is -0.132. The van der Waals surface area contributed by atoms with Crippen LogP contribution in [0.4, 0.5) is 5.82 Å². The highest BCUT2D eigenvalue weighted by atomic mass is 35.5. The maximum atomic E-state index is 13.2. The van der Waals surface area contributed by atoms with Crippen LogP contribution in [0.15, 0.2) is 48.7 Å². The van der Waals surface area contributed by atoms with E-state index < -0.39 is 0 Å². The van der Waals surface area contributed by atoms with Crippen LogP contribution < -0.4 is 14.4 Å². The molecule has 5 rings (SSSR count). The molecule has 0 fully saturated rings. The first-order valence-electron chi connectivity index (χ1n) is 11.1. The van der Waals surface area contributed by atoms with Gasteiger partial charge in [-0.3, -0.25) is 14.5 Å². The summed E-state index contributed by atoms with van der Waals surface area (Å²) in [5, 5.41) is 0.636. The number of halogens is 1. The lowest BCUT2D eigenvalue weighted by Gasteiger charge is -2.33.